The van der Waals surface area contributed by atoms with Crippen LogP contribution in [0.1, 0.15) is 24.5 Å². The van der Waals surface area contributed by atoms with Crippen LogP contribution in [0, 0.1) is 0 Å². The molecule has 0 nitrogen and oxygen atoms in total. The van der Waals surface area contributed by atoms with Crippen molar-refractivity contribution in [3.8, 4) is 0 Å². The molecule has 0 aromatic heterocycles. The molecule has 0 heteroatoms. The van der Waals surface area contributed by atoms with Crippen molar-refractivity contribution in [3.63, 3.8) is 0 Å². The van der Waals surface area contributed by atoms with E-state index in [2.05, 4.69) is 43.9 Å². The number of allylic oxidation sites excluding steroid dienone is 1. The number of benzene rings is 1. The van der Waals surface area contributed by atoms with E-state index in [9.17, 15) is 0 Å². The van der Waals surface area contributed by atoms with Gasteiger partial charge in [-0.15, -0.1) is 0 Å². The Morgan fingerprint density at radius 3 is 2.75 bits per heavy atom. The summed E-state index contributed by atoms with van der Waals surface area (Å²) in [7, 11) is 0. The smallest absolute Gasteiger partial charge is 0.0254 e. The van der Waals surface area contributed by atoms with Crippen molar-refractivity contribution < 1.29 is 0 Å². The zero-order chi connectivity index (χ0) is 8.81. The second-order valence-corrected chi connectivity index (χ2v) is 2.68. The highest BCUT2D eigenvalue weighted by molar-refractivity contribution is 5.56. The van der Waals surface area contributed by atoms with Gasteiger partial charge in [-0.05, 0) is 23.6 Å². The second kappa shape index (κ2) is 4.55. The van der Waals surface area contributed by atoms with E-state index in [0.717, 1.165) is 6.42 Å². The van der Waals surface area contributed by atoms with Crippen molar-refractivity contribution in [3.05, 3.63) is 48.0 Å². The number of hydrogen-bond acceptors (Lipinski definition) is 0. The van der Waals surface area contributed by atoms with Gasteiger partial charge < -0.3 is 0 Å². The van der Waals surface area contributed by atoms with Crippen molar-refractivity contribution in [2.24, 2.45) is 0 Å². The highest BCUT2D eigenvalue weighted by Crippen LogP contribution is 2.08. The minimum absolute atomic E-state index is 1.08. The van der Waals surface area contributed by atoms with Gasteiger partial charge in [0.15, 0.2) is 0 Å². The van der Waals surface area contributed by atoms with Gasteiger partial charge in [-0.1, -0.05) is 49.9 Å². The summed E-state index contributed by atoms with van der Waals surface area (Å²) < 4.78 is 0. The van der Waals surface area contributed by atoms with Gasteiger partial charge in [0.2, 0.25) is 0 Å². The van der Waals surface area contributed by atoms with E-state index in [1.807, 2.05) is 12.1 Å². The fourth-order valence-corrected chi connectivity index (χ4v) is 1.04. The summed E-state index contributed by atoms with van der Waals surface area (Å²) in [6, 6.07) is 8.32. The molecule has 62 valence electrons. The largest absolute Gasteiger partial charge is 0.0985 e. The Morgan fingerprint density at radius 1 is 1.33 bits per heavy atom. The lowest BCUT2D eigenvalue weighted by atomic mass is 10.1. The quantitative estimate of drug-likeness (QED) is 0.628. The molecule has 0 aliphatic heterocycles. The van der Waals surface area contributed by atoms with E-state index in [0.29, 0.717) is 0 Å². The standard InChI is InChI=1S/C12H14/c1-3-5-7-12-9-6-8-11(4-2)10-12/h4-10H,2-3H2,1H3. The molecule has 0 bridgehead atoms. The Balaban J connectivity index is 2.86. The normalized spacial score (nSPS) is 10.4. The second-order valence-electron chi connectivity index (χ2n) is 2.68. The van der Waals surface area contributed by atoms with Gasteiger partial charge in [0.1, 0.15) is 0 Å². The molecule has 0 aliphatic carbocycles. The zero-order valence-electron chi connectivity index (χ0n) is 7.46. The molecule has 0 radical (unpaired) electrons. The van der Waals surface area contributed by atoms with Crippen LogP contribution in [-0.4, -0.2) is 0 Å². The lowest BCUT2D eigenvalue weighted by molar-refractivity contribution is 1.23. The van der Waals surface area contributed by atoms with Gasteiger partial charge in [-0.25, -0.2) is 0 Å². The SMILES string of the molecule is C=Cc1cccc(C=CCC)c1. The fraction of sp³-hybridized carbons (Fsp3) is 0.167. The van der Waals surface area contributed by atoms with Crippen molar-refractivity contribution >= 4 is 12.2 Å². The van der Waals surface area contributed by atoms with E-state index in [1.54, 1.807) is 0 Å². The third-order valence-corrected chi connectivity index (χ3v) is 1.69. The van der Waals surface area contributed by atoms with E-state index >= 15 is 0 Å². The average Bonchev–Trinajstić information content (AvgIpc) is 2.15. The summed E-state index contributed by atoms with van der Waals surface area (Å²) in [5.41, 5.74) is 2.42. The summed E-state index contributed by atoms with van der Waals surface area (Å²) in [6.07, 6.45) is 7.23. The molecule has 0 saturated carbocycles. The maximum absolute atomic E-state index is 3.73. The van der Waals surface area contributed by atoms with Crippen molar-refractivity contribution in [2.45, 2.75) is 13.3 Å². The zero-order valence-corrected chi connectivity index (χ0v) is 7.46. The Labute approximate surface area is 74.2 Å². The van der Waals surface area contributed by atoms with Gasteiger partial charge in [-0.2, -0.15) is 0 Å². The van der Waals surface area contributed by atoms with Crippen LogP contribution in [-0.2, 0) is 0 Å². The molecular weight excluding hydrogens is 144 g/mol. The number of hydrogen-bond donors (Lipinski definition) is 0. The van der Waals surface area contributed by atoms with Crippen LogP contribution in [0.4, 0.5) is 0 Å². The van der Waals surface area contributed by atoms with Crippen molar-refractivity contribution in [1.82, 2.24) is 0 Å². The summed E-state index contributed by atoms with van der Waals surface area (Å²) in [6.45, 7) is 5.86. The van der Waals surface area contributed by atoms with Gasteiger partial charge in [0, 0.05) is 0 Å². The van der Waals surface area contributed by atoms with Gasteiger partial charge in [0.25, 0.3) is 0 Å². The average molecular weight is 158 g/mol. The Hall–Kier alpha value is -1.30. The molecule has 0 aliphatic rings. The van der Waals surface area contributed by atoms with Gasteiger partial charge in [0.05, 0.1) is 0 Å². The van der Waals surface area contributed by atoms with Gasteiger partial charge in [-0.3, -0.25) is 0 Å². The summed E-state index contributed by atoms with van der Waals surface area (Å²) in [5, 5.41) is 0. The van der Waals surface area contributed by atoms with Crippen LogP contribution >= 0.6 is 0 Å². The Bertz CT molecular complexity index is 282. The monoisotopic (exact) mass is 158 g/mol. The lowest BCUT2D eigenvalue weighted by Gasteiger charge is -1.95. The summed E-state index contributed by atoms with van der Waals surface area (Å²) in [4.78, 5) is 0. The van der Waals surface area contributed by atoms with Crippen molar-refractivity contribution in [2.75, 3.05) is 0 Å². The first-order chi connectivity index (χ1) is 5.86. The van der Waals surface area contributed by atoms with Gasteiger partial charge >= 0.3 is 0 Å². The molecule has 0 unspecified atom stereocenters. The highest BCUT2D eigenvalue weighted by Gasteiger charge is 1.86. The molecular formula is C12H14. The molecule has 0 N–H and O–H groups in total. The van der Waals surface area contributed by atoms with Crippen LogP contribution in [0.3, 0.4) is 0 Å². The summed E-state index contributed by atoms with van der Waals surface area (Å²) >= 11 is 0. The molecule has 1 aromatic rings. The predicted molar refractivity (Wildman–Crippen MR) is 55.9 cm³/mol. The molecule has 0 spiro atoms. The van der Waals surface area contributed by atoms with Crippen LogP contribution in [0.5, 0.6) is 0 Å². The molecule has 1 rings (SSSR count). The van der Waals surface area contributed by atoms with Crippen LogP contribution in [0.2, 0.25) is 0 Å². The minimum atomic E-state index is 1.08. The first-order valence-corrected chi connectivity index (χ1v) is 4.26. The first-order valence-electron chi connectivity index (χ1n) is 4.26. The van der Waals surface area contributed by atoms with E-state index < -0.39 is 0 Å². The molecule has 0 heterocycles. The summed E-state index contributed by atoms with van der Waals surface area (Å²) in [5.74, 6) is 0. The number of rotatable bonds is 3. The maximum Gasteiger partial charge on any atom is -0.0254 e. The molecule has 0 saturated heterocycles. The highest BCUT2D eigenvalue weighted by atomic mass is 13.9. The van der Waals surface area contributed by atoms with E-state index in [-0.39, 0.29) is 0 Å². The van der Waals surface area contributed by atoms with Crippen molar-refractivity contribution in [1.29, 1.82) is 0 Å². The lowest BCUT2D eigenvalue weighted by Crippen LogP contribution is -1.74. The third kappa shape index (κ3) is 2.39. The fourth-order valence-electron chi connectivity index (χ4n) is 1.04. The van der Waals surface area contributed by atoms with E-state index in [1.165, 1.54) is 11.1 Å². The third-order valence-electron chi connectivity index (χ3n) is 1.69. The Kier molecular flexibility index (Phi) is 3.34. The van der Waals surface area contributed by atoms with Crippen LogP contribution < -0.4 is 0 Å². The molecule has 1 aromatic carbocycles. The minimum Gasteiger partial charge on any atom is -0.0985 e. The first kappa shape index (κ1) is 8.79. The molecule has 0 amide bonds. The topological polar surface area (TPSA) is 0 Å². The molecule has 0 atom stereocenters. The Morgan fingerprint density at radius 2 is 2.08 bits per heavy atom. The van der Waals surface area contributed by atoms with Crippen LogP contribution in [0.15, 0.2) is 36.9 Å². The van der Waals surface area contributed by atoms with Crippen LogP contribution in [0.25, 0.3) is 12.2 Å². The van der Waals surface area contributed by atoms with E-state index in [4.69, 9.17) is 0 Å². The molecule has 0 fully saturated rings. The molecule has 12 heavy (non-hydrogen) atoms. The predicted octanol–water partition coefficient (Wildman–Crippen LogP) is 3.75. The maximum atomic E-state index is 3.73.